The number of aromatic nitrogens is 2. The number of rotatable bonds is 14. The van der Waals surface area contributed by atoms with Gasteiger partial charge in [-0.1, -0.05) is 39.3 Å². The van der Waals surface area contributed by atoms with Gasteiger partial charge in [-0.2, -0.15) is 0 Å². The number of hydrogen-bond acceptors (Lipinski definition) is 10. The lowest BCUT2D eigenvalue weighted by Gasteiger charge is -2.01. The van der Waals surface area contributed by atoms with Crippen LogP contribution in [0.5, 0.6) is 0 Å². The average Bonchev–Trinajstić information content (AvgIpc) is 3.75. The third-order valence-corrected chi connectivity index (χ3v) is 6.94. The molecule has 0 aliphatic rings. The Morgan fingerprint density at radius 1 is 0.800 bits per heavy atom. The number of carbonyl (C=O) groups excluding carboxylic acids is 3. The van der Waals surface area contributed by atoms with Crippen LogP contribution in [0.3, 0.4) is 0 Å². The number of aldehydes is 1. The van der Waals surface area contributed by atoms with Crippen LogP contribution in [-0.4, -0.2) is 70.0 Å². The van der Waals surface area contributed by atoms with E-state index in [0.29, 0.717) is 36.7 Å². The topological polar surface area (TPSA) is 148 Å². The Morgan fingerprint density at radius 3 is 1.73 bits per heavy atom. The van der Waals surface area contributed by atoms with E-state index in [0.717, 1.165) is 48.1 Å². The molecule has 0 radical (unpaired) electrons. The first-order chi connectivity index (χ1) is 18.6. The zero-order valence-corrected chi connectivity index (χ0v) is 22.4. The minimum atomic E-state index is -0.252. The van der Waals surface area contributed by atoms with Gasteiger partial charge >= 0.3 is 0 Å². The van der Waals surface area contributed by atoms with Crippen molar-refractivity contribution in [2.75, 3.05) is 19.7 Å². The van der Waals surface area contributed by atoms with E-state index in [9.17, 15) is 14.4 Å². The van der Waals surface area contributed by atoms with Gasteiger partial charge in [0.1, 0.15) is 6.29 Å². The van der Waals surface area contributed by atoms with Crippen LogP contribution in [0.25, 0.3) is 21.3 Å². The molecule has 0 bridgehead atoms. The molecule has 10 nitrogen and oxygen atoms in total. The molecule has 14 heteroatoms. The molecule has 0 aliphatic heterocycles. The fourth-order valence-electron chi connectivity index (χ4n) is 3.19. The molecular formula is C26H38B2N4O6S2-2. The first kappa shape index (κ1) is 34.5. The Labute approximate surface area is 244 Å². The van der Waals surface area contributed by atoms with Gasteiger partial charge in [-0.25, -0.2) is 0 Å². The molecule has 40 heavy (non-hydrogen) atoms. The predicted octanol–water partition coefficient (Wildman–Crippen LogP) is 1.89. The van der Waals surface area contributed by atoms with Crippen molar-refractivity contribution in [3.63, 3.8) is 0 Å². The quantitative estimate of drug-likeness (QED) is 0.115. The summed E-state index contributed by atoms with van der Waals surface area (Å²) in [6, 6.07) is 10.9. The van der Waals surface area contributed by atoms with Gasteiger partial charge in [-0.05, 0) is 55.0 Å². The lowest BCUT2D eigenvalue weighted by Crippen LogP contribution is -2.24. The van der Waals surface area contributed by atoms with E-state index in [-0.39, 0.29) is 40.9 Å². The van der Waals surface area contributed by atoms with Gasteiger partial charge in [-0.3, -0.25) is 9.59 Å². The lowest BCUT2D eigenvalue weighted by atomic mass is 10.2. The third kappa shape index (κ3) is 11.3. The number of nitrogens with one attached hydrogen (secondary N) is 2. The number of nitrogens with zero attached hydrogens (tertiary/aromatic N) is 2. The van der Waals surface area contributed by atoms with Gasteiger partial charge < -0.3 is 29.6 Å². The van der Waals surface area contributed by atoms with Gasteiger partial charge in [0.25, 0.3) is 11.8 Å². The zero-order valence-electron chi connectivity index (χ0n) is 20.8. The normalized spacial score (nSPS) is 9.93. The summed E-state index contributed by atoms with van der Waals surface area (Å²) in [4.78, 5) is 35.6. The van der Waals surface area contributed by atoms with Gasteiger partial charge in [0.15, 0.2) is 22.9 Å². The Hall–Kier alpha value is -3.48. The summed E-state index contributed by atoms with van der Waals surface area (Å²) in [7, 11) is 0. The highest BCUT2D eigenvalue weighted by Gasteiger charge is 2.14. The first-order valence-corrected chi connectivity index (χ1v) is 14.0. The summed E-state index contributed by atoms with van der Waals surface area (Å²) >= 11 is 3.07. The Balaban J connectivity index is 0.000000381. The number of thiophene rings is 2. The molecule has 0 atom stereocenters. The maximum atomic E-state index is 11.8. The molecule has 0 saturated carbocycles. The van der Waals surface area contributed by atoms with E-state index in [1.54, 1.807) is 12.1 Å². The first-order valence-electron chi connectivity index (χ1n) is 12.2. The summed E-state index contributed by atoms with van der Waals surface area (Å²) in [5, 5.41) is 25.6. The van der Waals surface area contributed by atoms with E-state index in [1.807, 2.05) is 35.0 Å². The van der Waals surface area contributed by atoms with Crippen molar-refractivity contribution in [2.45, 2.75) is 38.5 Å². The summed E-state index contributed by atoms with van der Waals surface area (Å²) < 4.78 is 10.3. The number of unbranched alkanes of at least 4 members (excludes halogenated alkanes) is 4. The van der Waals surface area contributed by atoms with Crippen molar-refractivity contribution in [2.24, 2.45) is 0 Å². The van der Waals surface area contributed by atoms with Crippen LogP contribution in [0.1, 0.15) is 59.5 Å². The monoisotopic (exact) mass is 588 g/mol. The molecule has 0 aromatic carbocycles. The second kappa shape index (κ2) is 19.6. The molecule has 218 valence electrons. The number of aliphatic hydroxyl groups is 1. The Kier molecular flexibility index (Phi) is 16.9. The van der Waals surface area contributed by atoms with Crippen molar-refractivity contribution in [3.8, 4) is 21.3 Å². The van der Waals surface area contributed by atoms with Gasteiger partial charge in [0.2, 0.25) is 0 Å². The van der Waals surface area contributed by atoms with Crippen LogP contribution >= 0.6 is 22.7 Å². The summed E-state index contributed by atoms with van der Waals surface area (Å²) in [6.07, 6.45) is 5.48. The predicted molar refractivity (Wildman–Crippen MR) is 168 cm³/mol. The van der Waals surface area contributed by atoms with E-state index >= 15 is 0 Å². The molecule has 0 fully saturated rings. The molecule has 0 unspecified atom stereocenters. The highest BCUT2D eigenvalue weighted by Crippen LogP contribution is 2.26. The molecule has 4 heterocycles. The fraction of sp³-hybridized carbons (Fsp3) is 0.346. The summed E-state index contributed by atoms with van der Waals surface area (Å²) in [5.41, 5.74) is 0.573. The second-order valence-corrected chi connectivity index (χ2v) is 9.96. The van der Waals surface area contributed by atoms with Crippen LogP contribution in [0, 0.1) is 0 Å². The second-order valence-electron chi connectivity index (χ2n) is 8.07. The van der Waals surface area contributed by atoms with Crippen molar-refractivity contribution < 1.29 is 28.5 Å². The number of carbonyl (C=O) groups is 3. The fourth-order valence-corrected chi connectivity index (χ4v) is 4.53. The molecule has 0 saturated heterocycles. The Bertz CT molecular complexity index is 1250. The zero-order chi connectivity index (χ0) is 27.0. The van der Waals surface area contributed by atoms with Gasteiger partial charge in [0.05, 0.1) is 9.75 Å². The van der Waals surface area contributed by atoms with Crippen LogP contribution in [0.15, 0.2) is 56.2 Å². The lowest BCUT2D eigenvalue weighted by molar-refractivity contribution is -0.107. The SMILES string of the molecule is O=C(NCCCCCO)c1cc(-c2cccs2)on1.O=CCCCCNC(=O)c1cc(-c2cccs2)on1.[BH4-].[BH4-]. The molecule has 0 aliphatic carbocycles. The minimum absolute atomic E-state index is 0. The maximum Gasteiger partial charge on any atom is 0.273 e. The summed E-state index contributed by atoms with van der Waals surface area (Å²) in [6.45, 7) is 1.31. The highest BCUT2D eigenvalue weighted by atomic mass is 32.1. The van der Waals surface area contributed by atoms with E-state index in [1.165, 1.54) is 22.7 Å². The molecule has 2 amide bonds. The van der Waals surface area contributed by atoms with Crippen LogP contribution in [-0.2, 0) is 4.79 Å². The van der Waals surface area contributed by atoms with Crippen molar-refractivity contribution in [1.29, 1.82) is 0 Å². The molecule has 4 rings (SSSR count). The van der Waals surface area contributed by atoms with E-state index in [4.69, 9.17) is 14.2 Å². The van der Waals surface area contributed by atoms with E-state index < -0.39 is 0 Å². The summed E-state index contributed by atoms with van der Waals surface area (Å²) in [5.74, 6) is 0.731. The molecule has 3 N–H and O–H groups in total. The largest absolute Gasteiger partial charge is 0.396 e. The third-order valence-electron chi connectivity index (χ3n) is 5.17. The number of amides is 2. The molecular weight excluding hydrogens is 550 g/mol. The molecule has 4 aromatic heterocycles. The molecule has 0 spiro atoms. The molecule has 4 aromatic rings. The minimum Gasteiger partial charge on any atom is -0.396 e. The highest BCUT2D eigenvalue weighted by molar-refractivity contribution is 7.13. The van der Waals surface area contributed by atoms with Crippen LogP contribution < -0.4 is 10.6 Å². The van der Waals surface area contributed by atoms with Crippen molar-refractivity contribution in [1.82, 2.24) is 20.9 Å². The smallest absolute Gasteiger partial charge is 0.273 e. The maximum absolute atomic E-state index is 11.8. The van der Waals surface area contributed by atoms with E-state index in [2.05, 4.69) is 20.9 Å². The average molecular weight is 588 g/mol. The Morgan fingerprint density at radius 2 is 1.30 bits per heavy atom. The standard InChI is InChI=1S/C13H16N2O3S.C13H14N2O3S.2BH4/c2*16-7-3-1-2-6-14-13(17)10-9-11(18-15-10)12-5-4-8-19-12;;/h4-5,8-9,16H,1-3,6-7H2,(H,14,17);4-5,7-9H,1-3,6H2,(H,14,17);2*1H4/q;;2*-1. The van der Waals surface area contributed by atoms with Crippen LogP contribution in [0.2, 0.25) is 0 Å². The number of hydrogen-bond donors (Lipinski definition) is 3. The van der Waals surface area contributed by atoms with Gasteiger partial charge in [-0.15, -0.1) is 22.7 Å². The van der Waals surface area contributed by atoms with Crippen LogP contribution in [0.4, 0.5) is 0 Å². The van der Waals surface area contributed by atoms with Crippen molar-refractivity contribution in [3.05, 3.63) is 58.5 Å². The van der Waals surface area contributed by atoms with Gasteiger partial charge in [0, 0.05) is 38.2 Å². The number of aliphatic hydroxyl groups excluding tert-OH is 1. The van der Waals surface area contributed by atoms with Crippen molar-refractivity contribution >= 4 is 57.6 Å².